The molecule has 0 saturated carbocycles. The highest BCUT2D eigenvalue weighted by Crippen LogP contribution is 2.26. The molecule has 2 aromatic carbocycles. The average molecular weight is 365 g/mol. The molecular weight excluding hydrogens is 356 g/mol. The topological polar surface area (TPSA) is 18.5 Å². The fourth-order valence-electron chi connectivity index (χ4n) is 1.56. The minimum atomic E-state index is -4.73. The van der Waals surface area contributed by atoms with Crippen LogP contribution in [0.4, 0.5) is 17.6 Å². The molecule has 2 nitrogen and oxygen atoms in total. The molecule has 0 N–H and O–H groups in total. The van der Waals surface area contributed by atoms with Gasteiger partial charge in [0.2, 0.25) is 0 Å². The Morgan fingerprint density at radius 2 is 1.57 bits per heavy atom. The Balaban J connectivity index is 1.99. The summed E-state index contributed by atoms with van der Waals surface area (Å²) in [5, 5.41) is 0. The first-order valence-electron chi connectivity index (χ1n) is 5.76. The Morgan fingerprint density at radius 3 is 2.19 bits per heavy atom. The smallest absolute Gasteiger partial charge is 0.489 e. The van der Waals surface area contributed by atoms with Gasteiger partial charge in [-0.25, -0.2) is 4.39 Å². The second kappa shape index (κ2) is 6.34. The lowest BCUT2D eigenvalue weighted by atomic mass is 10.2. The van der Waals surface area contributed by atoms with Crippen molar-refractivity contribution in [1.82, 2.24) is 0 Å². The lowest BCUT2D eigenvalue weighted by Crippen LogP contribution is -2.16. The largest absolute Gasteiger partial charge is 0.573 e. The van der Waals surface area contributed by atoms with Crippen LogP contribution in [0.25, 0.3) is 0 Å². The Labute approximate surface area is 126 Å². The Bertz CT molecular complexity index is 611. The number of hydrogen-bond acceptors (Lipinski definition) is 2. The van der Waals surface area contributed by atoms with Gasteiger partial charge in [0.25, 0.3) is 0 Å². The molecule has 112 valence electrons. The molecule has 7 heteroatoms. The summed E-state index contributed by atoms with van der Waals surface area (Å²) in [6, 6.07) is 9.49. The molecule has 2 rings (SSSR count). The van der Waals surface area contributed by atoms with Gasteiger partial charge in [-0.15, -0.1) is 13.2 Å². The maximum Gasteiger partial charge on any atom is 0.573 e. The molecule has 0 amide bonds. The van der Waals surface area contributed by atoms with E-state index < -0.39 is 12.2 Å². The zero-order valence-corrected chi connectivity index (χ0v) is 12.0. The summed E-state index contributed by atoms with van der Waals surface area (Å²) in [4.78, 5) is 0. The van der Waals surface area contributed by atoms with E-state index in [1.54, 1.807) is 12.1 Å². The van der Waals surface area contributed by atoms with Gasteiger partial charge in [0, 0.05) is 5.56 Å². The Kier molecular flexibility index (Phi) is 4.72. The SMILES string of the molecule is Fc1cccc(COc2ccc(OC(F)(F)F)cc2)c1Br. The lowest BCUT2D eigenvalue weighted by molar-refractivity contribution is -0.274. The molecule has 2 aromatic rings. The van der Waals surface area contributed by atoms with Crippen molar-refractivity contribution >= 4 is 15.9 Å². The van der Waals surface area contributed by atoms with E-state index >= 15 is 0 Å². The number of alkyl halides is 3. The van der Waals surface area contributed by atoms with Crippen molar-refractivity contribution in [2.24, 2.45) is 0 Å². The molecule has 0 bridgehead atoms. The quantitative estimate of drug-likeness (QED) is 0.705. The fourth-order valence-corrected chi connectivity index (χ4v) is 1.94. The summed E-state index contributed by atoms with van der Waals surface area (Å²) in [6.45, 7) is 0.0812. The zero-order valence-electron chi connectivity index (χ0n) is 10.5. The van der Waals surface area contributed by atoms with Gasteiger partial charge >= 0.3 is 6.36 Å². The molecular formula is C14H9BrF4O2. The summed E-state index contributed by atoms with van der Waals surface area (Å²) in [5.74, 6) is -0.396. The third kappa shape index (κ3) is 4.63. The highest BCUT2D eigenvalue weighted by molar-refractivity contribution is 9.10. The van der Waals surface area contributed by atoms with Gasteiger partial charge in [0.1, 0.15) is 23.9 Å². The predicted molar refractivity (Wildman–Crippen MR) is 71.6 cm³/mol. The van der Waals surface area contributed by atoms with Gasteiger partial charge in [-0.05, 0) is 46.3 Å². The molecule has 0 aromatic heterocycles. The second-order valence-corrected chi connectivity index (χ2v) is 4.81. The summed E-state index contributed by atoms with van der Waals surface area (Å²) >= 11 is 3.10. The molecule has 0 spiro atoms. The van der Waals surface area contributed by atoms with Crippen LogP contribution in [0.3, 0.4) is 0 Å². The number of hydrogen-bond donors (Lipinski definition) is 0. The van der Waals surface area contributed by atoms with E-state index in [0.29, 0.717) is 15.8 Å². The van der Waals surface area contributed by atoms with Crippen molar-refractivity contribution in [3.63, 3.8) is 0 Å². The first-order valence-corrected chi connectivity index (χ1v) is 6.56. The van der Waals surface area contributed by atoms with Crippen molar-refractivity contribution in [2.45, 2.75) is 13.0 Å². The molecule has 0 atom stereocenters. The lowest BCUT2D eigenvalue weighted by Gasteiger charge is -2.11. The first kappa shape index (κ1) is 15.6. The van der Waals surface area contributed by atoms with Crippen LogP contribution < -0.4 is 9.47 Å². The molecule has 0 heterocycles. The van der Waals surface area contributed by atoms with Crippen LogP contribution in [0.5, 0.6) is 11.5 Å². The average Bonchev–Trinajstić information content (AvgIpc) is 2.40. The monoisotopic (exact) mass is 364 g/mol. The number of ether oxygens (including phenoxy) is 2. The van der Waals surface area contributed by atoms with Crippen molar-refractivity contribution in [3.8, 4) is 11.5 Å². The second-order valence-electron chi connectivity index (χ2n) is 4.02. The van der Waals surface area contributed by atoms with Crippen LogP contribution in [0, 0.1) is 5.82 Å². The molecule has 0 fully saturated rings. The van der Waals surface area contributed by atoms with Gasteiger partial charge < -0.3 is 9.47 Å². The predicted octanol–water partition coefficient (Wildman–Crippen LogP) is 5.07. The fraction of sp³-hybridized carbons (Fsp3) is 0.143. The van der Waals surface area contributed by atoms with E-state index in [4.69, 9.17) is 4.74 Å². The Hall–Kier alpha value is -1.76. The van der Waals surface area contributed by atoms with E-state index in [0.717, 1.165) is 12.1 Å². The summed E-state index contributed by atoms with van der Waals surface area (Å²) < 4.78 is 58.7. The van der Waals surface area contributed by atoms with E-state index in [1.165, 1.54) is 18.2 Å². The van der Waals surface area contributed by atoms with Gasteiger partial charge in [0.05, 0.1) is 4.47 Å². The number of rotatable bonds is 4. The maximum absolute atomic E-state index is 13.3. The van der Waals surface area contributed by atoms with Crippen LogP contribution in [0.15, 0.2) is 46.9 Å². The molecule has 0 saturated heterocycles. The molecule has 0 unspecified atom stereocenters. The van der Waals surface area contributed by atoms with E-state index in [-0.39, 0.29) is 12.4 Å². The molecule has 0 aliphatic rings. The van der Waals surface area contributed by atoms with Crippen LogP contribution in [0.1, 0.15) is 5.56 Å². The van der Waals surface area contributed by atoms with Gasteiger partial charge in [0.15, 0.2) is 0 Å². The molecule has 0 aliphatic heterocycles. The number of halogens is 5. The molecule has 21 heavy (non-hydrogen) atoms. The van der Waals surface area contributed by atoms with Crippen molar-refractivity contribution < 1.29 is 27.0 Å². The van der Waals surface area contributed by atoms with Crippen LogP contribution in [-0.2, 0) is 6.61 Å². The highest BCUT2D eigenvalue weighted by atomic mass is 79.9. The standard InChI is InChI=1S/C14H9BrF4O2/c15-13-9(2-1-3-12(13)16)8-20-10-4-6-11(7-5-10)21-14(17,18)19/h1-7H,8H2. The van der Waals surface area contributed by atoms with E-state index in [1.807, 2.05) is 0 Å². The summed E-state index contributed by atoms with van der Waals surface area (Å²) in [5.41, 5.74) is 0.589. The Morgan fingerprint density at radius 1 is 0.952 bits per heavy atom. The summed E-state index contributed by atoms with van der Waals surface area (Å²) in [7, 11) is 0. The zero-order chi connectivity index (χ0) is 15.5. The normalized spacial score (nSPS) is 11.3. The maximum atomic E-state index is 13.3. The first-order chi connectivity index (χ1) is 9.85. The third-order valence-corrected chi connectivity index (χ3v) is 3.37. The van der Waals surface area contributed by atoms with Crippen LogP contribution >= 0.6 is 15.9 Å². The van der Waals surface area contributed by atoms with E-state index in [9.17, 15) is 17.6 Å². The van der Waals surface area contributed by atoms with Crippen molar-refractivity contribution in [1.29, 1.82) is 0 Å². The highest BCUT2D eigenvalue weighted by Gasteiger charge is 2.30. The van der Waals surface area contributed by atoms with Crippen LogP contribution in [0.2, 0.25) is 0 Å². The van der Waals surface area contributed by atoms with Gasteiger partial charge in [-0.2, -0.15) is 0 Å². The summed E-state index contributed by atoms with van der Waals surface area (Å²) in [6.07, 6.45) is -4.73. The van der Waals surface area contributed by atoms with Gasteiger partial charge in [-0.1, -0.05) is 12.1 Å². The molecule has 0 aliphatic carbocycles. The number of benzene rings is 2. The third-order valence-electron chi connectivity index (χ3n) is 2.48. The van der Waals surface area contributed by atoms with Gasteiger partial charge in [-0.3, -0.25) is 0 Å². The van der Waals surface area contributed by atoms with Crippen LogP contribution in [-0.4, -0.2) is 6.36 Å². The van der Waals surface area contributed by atoms with E-state index in [2.05, 4.69) is 20.7 Å². The van der Waals surface area contributed by atoms with Crippen molar-refractivity contribution in [2.75, 3.05) is 0 Å². The minimum absolute atomic E-state index is 0.0812. The van der Waals surface area contributed by atoms with Crippen molar-refractivity contribution in [3.05, 3.63) is 58.3 Å². The minimum Gasteiger partial charge on any atom is -0.489 e. The molecule has 0 radical (unpaired) electrons.